The molecule has 2 N–H and O–H groups in total. The highest BCUT2D eigenvalue weighted by molar-refractivity contribution is 6.23. The summed E-state index contributed by atoms with van der Waals surface area (Å²) >= 11 is 0. The highest BCUT2D eigenvalue weighted by Gasteiger charge is 2.42. The zero-order valence-corrected chi connectivity index (χ0v) is 32.5. The Balaban J connectivity index is 1.57. The number of esters is 1. The van der Waals surface area contributed by atoms with Crippen LogP contribution < -0.4 is 0 Å². The van der Waals surface area contributed by atoms with Gasteiger partial charge in [-0.1, -0.05) is 26.5 Å². The number of amides is 2. The van der Waals surface area contributed by atoms with Crippen LogP contribution in [0.5, 0.6) is 0 Å². The van der Waals surface area contributed by atoms with E-state index in [1.807, 2.05) is 39.8 Å². The van der Waals surface area contributed by atoms with Crippen molar-refractivity contribution >= 4 is 51.1 Å². The van der Waals surface area contributed by atoms with Gasteiger partial charge in [-0.25, -0.2) is 9.97 Å². The standard InChI is InChI=1S/C43H39F6N5O4/c1-8-26-19(3)29-15-31-21(5)28(10-11-35(55)58-7)38(52-31)37-39-36(22(6)32(53-39)17-34-27(9-2)20(4)30(51-34)16-33(26)50-29)40(56)54(41(37)57)18-23-12-24(42(44,45)46)14-25(13-23)43(47,48)49/h9,12-17,21,28,52-53H,2,8,10-11,18H2,1,3-7H3/t21-,28-/m0/s1. The van der Waals surface area contributed by atoms with Crippen LogP contribution in [-0.4, -0.2) is 49.7 Å². The number of hydrogen-bond donors (Lipinski definition) is 2. The largest absolute Gasteiger partial charge is 0.469 e. The van der Waals surface area contributed by atoms with Crippen LogP contribution in [0.15, 0.2) is 49.1 Å². The van der Waals surface area contributed by atoms with Crippen LogP contribution in [0.3, 0.4) is 0 Å². The second-order valence-corrected chi connectivity index (χ2v) is 14.8. The molecule has 4 aliphatic rings. The van der Waals surface area contributed by atoms with E-state index in [4.69, 9.17) is 14.7 Å². The zero-order valence-electron chi connectivity index (χ0n) is 32.5. The number of fused-ring (bicyclic) bond motifs is 8. The monoisotopic (exact) mass is 803 g/mol. The van der Waals surface area contributed by atoms with Crippen LogP contribution in [0.1, 0.15) is 136 Å². The Morgan fingerprint density at radius 1 is 0.862 bits per heavy atom. The summed E-state index contributed by atoms with van der Waals surface area (Å²) < 4.78 is 88.5. The molecule has 0 spiro atoms. The smallest absolute Gasteiger partial charge is 0.416 e. The van der Waals surface area contributed by atoms with E-state index in [0.29, 0.717) is 68.6 Å². The second kappa shape index (κ2) is 14.4. The fourth-order valence-electron chi connectivity index (χ4n) is 8.24. The summed E-state index contributed by atoms with van der Waals surface area (Å²) in [7, 11) is 1.25. The van der Waals surface area contributed by atoms with Crippen molar-refractivity contribution in [3.05, 3.63) is 117 Å². The quantitative estimate of drug-likeness (QED) is 0.139. The molecule has 4 aliphatic heterocycles. The average Bonchev–Trinajstić information content (AvgIpc) is 3.84. The lowest BCUT2D eigenvalue weighted by atomic mass is 9.84. The van der Waals surface area contributed by atoms with Crippen molar-refractivity contribution in [1.82, 2.24) is 24.8 Å². The third-order valence-electron chi connectivity index (χ3n) is 11.4. The number of benzene rings is 1. The van der Waals surface area contributed by atoms with Crippen LogP contribution in [0, 0.1) is 6.92 Å². The molecule has 2 amide bonds. The Kier molecular flexibility index (Phi) is 10.0. The van der Waals surface area contributed by atoms with Crippen LogP contribution in [0.4, 0.5) is 26.3 Å². The normalized spacial score (nSPS) is 17.6. The van der Waals surface area contributed by atoms with Gasteiger partial charge in [-0.3, -0.25) is 19.3 Å². The Bertz CT molecular complexity index is 2560. The number of ether oxygens (including phenoxy) is 1. The van der Waals surface area contributed by atoms with E-state index in [1.54, 1.807) is 19.1 Å². The van der Waals surface area contributed by atoms with E-state index in [2.05, 4.69) is 16.5 Å². The molecule has 0 saturated heterocycles. The summed E-state index contributed by atoms with van der Waals surface area (Å²) in [6, 6.07) is 6.48. The number of methoxy groups -OCH3 is 1. The number of nitrogens with zero attached hydrogens (tertiary/aromatic N) is 3. The number of aromatic amines is 2. The SMILES string of the molecule is C=CC1=C(C)c2cc3nc(cc4[nH]c(c5c6[nH]c(cc1n2)c(C)c6C(=O)N(Cc1cc(C(F)(F)F)cc(C(F)(F)F)c1)C5=O)[C@@H](CCC(=O)OC)[C@@H]4C)C(C)=C3CC. The minimum absolute atomic E-state index is 0.000132. The number of hydrogen-bond acceptors (Lipinski definition) is 6. The van der Waals surface area contributed by atoms with Crippen LogP contribution in [0.25, 0.3) is 33.3 Å². The van der Waals surface area contributed by atoms with Crippen molar-refractivity contribution in [2.45, 2.75) is 84.6 Å². The molecule has 0 unspecified atom stereocenters. The molecule has 2 atom stereocenters. The summed E-state index contributed by atoms with van der Waals surface area (Å²) in [5.74, 6) is -3.32. The molecule has 0 aliphatic carbocycles. The minimum Gasteiger partial charge on any atom is -0.469 e. The van der Waals surface area contributed by atoms with Gasteiger partial charge in [0, 0.05) is 40.7 Å². The third kappa shape index (κ3) is 6.79. The first-order chi connectivity index (χ1) is 27.3. The van der Waals surface area contributed by atoms with E-state index in [-0.39, 0.29) is 41.5 Å². The van der Waals surface area contributed by atoms with Crippen molar-refractivity contribution in [3.8, 4) is 0 Å². The van der Waals surface area contributed by atoms with Gasteiger partial charge in [0.25, 0.3) is 11.8 Å². The number of rotatable bonds is 7. The first-order valence-electron chi connectivity index (χ1n) is 18.6. The van der Waals surface area contributed by atoms with Gasteiger partial charge in [0.1, 0.15) is 0 Å². The van der Waals surface area contributed by atoms with Crippen LogP contribution in [-0.2, 0) is 28.4 Å². The molecule has 1 aromatic carbocycles. The fourth-order valence-corrected chi connectivity index (χ4v) is 8.24. The van der Waals surface area contributed by atoms with Gasteiger partial charge in [0.05, 0.1) is 64.2 Å². The number of allylic oxidation sites excluding steroid dienone is 5. The molecular weight excluding hydrogens is 764 g/mol. The van der Waals surface area contributed by atoms with Crippen molar-refractivity contribution in [2.24, 2.45) is 0 Å². The van der Waals surface area contributed by atoms with Gasteiger partial charge in [-0.05, 0) is 97.9 Å². The van der Waals surface area contributed by atoms with Crippen molar-refractivity contribution in [1.29, 1.82) is 0 Å². The maximum absolute atomic E-state index is 14.9. The average molecular weight is 804 g/mol. The topological polar surface area (TPSA) is 121 Å². The van der Waals surface area contributed by atoms with Crippen LogP contribution in [0.2, 0.25) is 0 Å². The number of aromatic nitrogens is 4. The van der Waals surface area contributed by atoms with Gasteiger partial charge in [0.2, 0.25) is 0 Å². The highest BCUT2D eigenvalue weighted by Crippen LogP contribution is 2.45. The molecule has 9 nitrogen and oxygen atoms in total. The molecule has 3 aromatic rings. The first kappa shape index (κ1) is 40.2. The number of carbonyl (C=O) groups excluding carboxylic acids is 3. The van der Waals surface area contributed by atoms with Gasteiger partial charge in [0.15, 0.2) is 0 Å². The van der Waals surface area contributed by atoms with E-state index in [0.717, 1.165) is 22.4 Å². The second-order valence-electron chi connectivity index (χ2n) is 14.8. The Morgan fingerprint density at radius 3 is 2.09 bits per heavy atom. The Morgan fingerprint density at radius 2 is 1.48 bits per heavy atom. The molecule has 2 aromatic heterocycles. The number of carbonyl (C=O) groups is 3. The molecule has 0 fully saturated rings. The van der Waals surface area contributed by atoms with Crippen molar-refractivity contribution in [2.75, 3.05) is 7.11 Å². The summed E-state index contributed by atoms with van der Waals surface area (Å²) in [6.07, 6.45) is -7.85. The Labute approximate surface area is 329 Å². The van der Waals surface area contributed by atoms with E-state index >= 15 is 0 Å². The molecule has 8 bridgehead atoms. The molecule has 15 heteroatoms. The zero-order chi connectivity index (χ0) is 42.2. The fraction of sp³-hybridized carbons (Fsp3) is 0.326. The molecule has 7 rings (SSSR count). The third-order valence-corrected chi connectivity index (χ3v) is 11.4. The number of H-pyrrole nitrogens is 2. The van der Waals surface area contributed by atoms with Gasteiger partial charge in [-0.2, -0.15) is 26.3 Å². The summed E-state index contributed by atoms with van der Waals surface area (Å²) in [6.45, 7) is 12.5. The minimum atomic E-state index is -5.15. The van der Waals surface area contributed by atoms with Gasteiger partial charge >= 0.3 is 18.3 Å². The number of aryl methyl sites for hydroxylation is 1. The predicted octanol–water partition coefficient (Wildman–Crippen LogP) is 10.5. The number of imide groups is 1. The van der Waals surface area contributed by atoms with Crippen molar-refractivity contribution < 1.29 is 45.5 Å². The van der Waals surface area contributed by atoms with Crippen LogP contribution >= 0.6 is 0 Å². The summed E-state index contributed by atoms with van der Waals surface area (Å²) in [4.78, 5) is 59.1. The summed E-state index contributed by atoms with van der Waals surface area (Å²) in [5, 5.41) is 0. The lowest BCUT2D eigenvalue weighted by Crippen LogP contribution is -2.40. The predicted molar refractivity (Wildman–Crippen MR) is 206 cm³/mol. The number of alkyl halides is 6. The summed E-state index contributed by atoms with van der Waals surface area (Å²) in [5.41, 5.74) is 4.00. The van der Waals surface area contributed by atoms with E-state index < -0.39 is 59.3 Å². The van der Waals surface area contributed by atoms with E-state index in [1.165, 1.54) is 7.11 Å². The maximum atomic E-state index is 14.9. The van der Waals surface area contributed by atoms with Gasteiger partial charge in [-0.15, -0.1) is 0 Å². The molecule has 58 heavy (non-hydrogen) atoms. The number of nitrogens with one attached hydrogen (secondary N) is 2. The highest BCUT2D eigenvalue weighted by atomic mass is 19.4. The van der Waals surface area contributed by atoms with Crippen molar-refractivity contribution in [3.63, 3.8) is 0 Å². The molecule has 0 radical (unpaired) electrons. The molecular formula is C43H39F6N5O4. The molecule has 0 saturated carbocycles. The molecule has 302 valence electrons. The Hall–Kier alpha value is -5.99. The number of halogens is 6. The van der Waals surface area contributed by atoms with E-state index in [9.17, 15) is 40.7 Å². The first-order valence-corrected chi connectivity index (χ1v) is 18.6. The van der Waals surface area contributed by atoms with Gasteiger partial charge < -0.3 is 14.7 Å². The maximum Gasteiger partial charge on any atom is 0.416 e. The lowest BCUT2D eigenvalue weighted by molar-refractivity contribution is -0.143. The molecule has 6 heterocycles. The lowest BCUT2D eigenvalue weighted by Gasteiger charge is -2.28.